The zero-order valence-electron chi connectivity index (χ0n) is 22.7. The average Bonchev–Trinajstić information content (AvgIpc) is 2.93. The van der Waals surface area contributed by atoms with Gasteiger partial charge >= 0.3 is 0 Å². The van der Waals surface area contributed by atoms with E-state index in [1.54, 1.807) is 47.4 Å². The van der Waals surface area contributed by atoms with Crippen LogP contribution in [0, 0.1) is 13.8 Å². The van der Waals surface area contributed by atoms with Crippen LogP contribution in [0.2, 0.25) is 5.02 Å². The average molecular weight is 572 g/mol. The fourth-order valence-corrected chi connectivity index (χ4v) is 6.46. The number of piperazine rings is 1. The molecule has 1 aliphatic heterocycles. The molecule has 0 N–H and O–H groups in total. The summed E-state index contributed by atoms with van der Waals surface area (Å²) in [5.74, 6) is 0.557. The van der Waals surface area contributed by atoms with Crippen LogP contribution < -0.4 is 18.7 Å². The maximum atomic E-state index is 14.0. The monoisotopic (exact) mass is 571 g/mol. The molecule has 4 rings (SSSR count). The highest BCUT2D eigenvalue weighted by molar-refractivity contribution is 7.93. The molecule has 3 aromatic carbocycles. The van der Waals surface area contributed by atoms with E-state index in [1.165, 1.54) is 7.11 Å². The van der Waals surface area contributed by atoms with Crippen molar-refractivity contribution < 1.29 is 22.7 Å². The van der Waals surface area contributed by atoms with E-state index in [2.05, 4.69) is 4.90 Å². The Labute approximate surface area is 235 Å². The molecule has 208 valence electrons. The number of rotatable bonds is 9. The Morgan fingerprint density at radius 2 is 1.67 bits per heavy atom. The summed E-state index contributed by atoms with van der Waals surface area (Å²) >= 11 is 6.21. The van der Waals surface area contributed by atoms with Crippen molar-refractivity contribution in [3.05, 3.63) is 76.8 Å². The van der Waals surface area contributed by atoms with Crippen LogP contribution in [0.25, 0.3) is 0 Å². The Morgan fingerprint density at radius 1 is 0.974 bits per heavy atom. The molecule has 1 fully saturated rings. The van der Waals surface area contributed by atoms with E-state index in [-0.39, 0.29) is 23.1 Å². The highest BCUT2D eigenvalue weighted by atomic mass is 35.5. The van der Waals surface area contributed by atoms with Crippen LogP contribution in [-0.4, -0.2) is 65.7 Å². The summed E-state index contributed by atoms with van der Waals surface area (Å²) < 4.78 is 40.1. The summed E-state index contributed by atoms with van der Waals surface area (Å²) in [6.07, 6.45) is 0. The number of benzene rings is 3. The molecular formula is C29H34ClN3O5S. The number of carbonyl (C=O) groups is 1. The first-order chi connectivity index (χ1) is 18.6. The van der Waals surface area contributed by atoms with Crippen molar-refractivity contribution in [1.82, 2.24) is 4.90 Å². The first-order valence-electron chi connectivity index (χ1n) is 12.8. The fraction of sp³-hybridized carbons (Fsp3) is 0.345. The normalized spacial score (nSPS) is 13.8. The molecule has 8 nitrogen and oxygen atoms in total. The van der Waals surface area contributed by atoms with Gasteiger partial charge in [0.1, 0.15) is 22.9 Å². The maximum Gasteiger partial charge on any atom is 0.268 e. The van der Waals surface area contributed by atoms with Crippen molar-refractivity contribution >= 4 is 38.9 Å². The van der Waals surface area contributed by atoms with Crippen molar-refractivity contribution in [3.8, 4) is 11.5 Å². The third kappa shape index (κ3) is 6.42. The molecule has 1 saturated heterocycles. The molecule has 0 saturated carbocycles. The number of nitrogens with zero attached hydrogens (tertiary/aromatic N) is 3. The second-order valence-corrected chi connectivity index (χ2v) is 11.7. The number of hydrogen-bond donors (Lipinski definition) is 0. The van der Waals surface area contributed by atoms with E-state index in [1.807, 2.05) is 39.0 Å². The Balaban J connectivity index is 1.60. The second kappa shape index (κ2) is 12.2. The maximum absolute atomic E-state index is 14.0. The van der Waals surface area contributed by atoms with Crippen LogP contribution in [0.4, 0.5) is 11.4 Å². The molecular weight excluding hydrogens is 538 g/mol. The van der Waals surface area contributed by atoms with Gasteiger partial charge in [-0.2, -0.15) is 0 Å². The van der Waals surface area contributed by atoms with E-state index in [4.69, 9.17) is 21.1 Å². The van der Waals surface area contributed by atoms with Crippen molar-refractivity contribution in [2.45, 2.75) is 25.7 Å². The SMILES string of the molecule is CCOc1ccc(N(CC(=O)N2CCN(c3cc(Cl)ccc3C)CC2)S(=O)(=O)c2cc(C)ccc2OC)cc1. The number of sulfonamides is 1. The Bertz CT molecular complexity index is 1420. The highest BCUT2D eigenvalue weighted by Crippen LogP contribution is 2.32. The number of hydrogen-bond acceptors (Lipinski definition) is 6. The zero-order valence-corrected chi connectivity index (χ0v) is 24.3. The Morgan fingerprint density at radius 3 is 2.31 bits per heavy atom. The third-order valence-electron chi connectivity index (χ3n) is 6.75. The van der Waals surface area contributed by atoms with Crippen LogP contribution in [0.1, 0.15) is 18.1 Å². The van der Waals surface area contributed by atoms with Gasteiger partial charge in [0.2, 0.25) is 5.91 Å². The number of ether oxygens (including phenoxy) is 2. The molecule has 0 bridgehead atoms. The molecule has 1 aliphatic rings. The number of halogens is 1. The largest absolute Gasteiger partial charge is 0.495 e. The molecule has 1 amide bonds. The lowest BCUT2D eigenvalue weighted by atomic mass is 10.1. The minimum Gasteiger partial charge on any atom is -0.495 e. The van der Waals surface area contributed by atoms with Crippen molar-refractivity contribution in [3.63, 3.8) is 0 Å². The van der Waals surface area contributed by atoms with E-state index >= 15 is 0 Å². The molecule has 0 atom stereocenters. The van der Waals surface area contributed by atoms with Crippen LogP contribution in [0.5, 0.6) is 11.5 Å². The molecule has 39 heavy (non-hydrogen) atoms. The van der Waals surface area contributed by atoms with Crippen LogP contribution in [0.15, 0.2) is 65.6 Å². The van der Waals surface area contributed by atoms with E-state index in [9.17, 15) is 13.2 Å². The molecule has 0 spiro atoms. The van der Waals surface area contributed by atoms with E-state index < -0.39 is 10.0 Å². The molecule has 0 aromatic heterocycles. The van der Waals surface area contributed by atoms with Crippen LogP contribution in [0.3, 0.4) is 0 Å². The highest BCUT2D eigenvalue weighted by Gasteiger charge is 2.32. The number of amides is 1. The van der Waals surface area contributed by atoms with Crippen LogP contribution in [-0.2, 0) is 14.8 Å². The summed E-state index contributed by atoms with van der Waals surface area (Å²) in [6, 6.07) is 17.4. The predicted octanol–water partition coefficient (Wildman–Crippen LogP) is 4.91. The fourth-order valence-electron chi connectivity index (χ4n) is 4.64. The number of aryl methyl sites for hydroxylation is 2. The number of anilines is 2. The van der Waals surface area contributed by atoms with Gasteiger partial charge in [-0.05, 0) is 80.4 Å². The van der Waals surface area contributed by atoms with Crippen molar-refractivity contribution in [2.75, 3.05) is 55.6 Å². The van der Waals surface area contributed by atoms with Gasteiger partial charge in [-0.25, -0.2) is 8.42 Å². The number of carbonyl (C=O) groups excluding carboxylic acids is 1. The van der Waals surface area contributed by atoms with Crippen molar-refractivity contribution in [1.29, 1.82) is 0 Å². The van der Waals surface area contributed by atoms with Gasteiger partial charge in [0.25, 0.3) is 10.0 Å². The second-order valence-electron chi connectivity index (χ2n) is 9.39. The Kier molecular flexibility index (Phi) is 8.92. The molecule has 3 aromatic rings. The standard InChI is InChI=1S/C29H34ClN3O5S/c1-5-38-25-11-9-24(10-12-25)33(39(35,36)28-18-21(2)6-13-27(28)37-4)20-29(34)32-16-14-31(15-17-32)26-19-23(30)8-7-22(26)3/h6-13,18-19H,5,14-17,20H2,1-4H3. The minimum absolute atomic E-state index is 0.00735. The molecule has 0 radical (unpaired) electrons. The smallest absolute Gasteiger partial charge is 0.268 e. The summed E-state index contributed by atoms with van der Waals surface area (Å²) in [5, 5.41) is 0.664. The predicted molar refractivity (Wildman–Crippen MR) is 155 cm³/mol. The molecule has 0 aliphatic carbocycles. The zero-order chi connectivity index (χ0) is 28.2. The van der Waals surface area contributed by atoms with Gasteiger partial charge in [0.05, 0.1) is 19.4 Å². The third-order valence-corrected chi connectivity index (χ3v) is 8.78. The van der Waals surface area contributed by atoms with Gasteiger partial charge in [0.15, 0.2) is 0 Å². The molecule has 10 heteroatoms. The van der Waals surface area contributed by atoms with Crippen molar-refractivity contribution in [2.24, 2.45) is 0 Å². The summed E-state index contributed by atoms with van der Waals surface area (Å²) in [5.41, 5.74) is 3.28. The van der Waals surface area contributed by atoms with Gasteiger partial charge in [-0.15, -0.1) is 0 Å². The summed E-state index contributed by atoms with van der Waals surface area (Å²) in [4.78, 5) is 17.5. The Hall–Kier alpha value is -3.43. The molecule has 1 heterocycles. The van der Waals surface area contributed by atoms with Gasteiger partial charge < -0.3 is 19.3 Å². The lowest BCUT2D eigenvalue weighted by Crippen LogP contribution is -2.52. The van der Waals surface area contributed by atoms with Gasteiger partial charge in [-0.3, -0.25) is 9.10 Å². The molecule has 0 unspecified atom stereocenters. The summed E-state index contributed by atoms with van der Waals surface area (Å²) in [7, 11) is -2.72. The quantitative estimate of drug-likeness (QED) is 0.363. The number of methoxy groups -OCH3 is 1. The van der Waals surface area contributed by atoms with E-state index in [0.29, 0.717) is 49.2 Å². The lowest BCUT2D eigenvalue weighted by molar-refractivity contribution is -0.129. The van der Waals surface area contributed by atoms with Gasteiger partial charge in [-0.1, -0.05) is 23.7 Å². The lowest BCUT2D eigenvalue weighted by Gasteiger charge is -2.37. The minimum atomic E-state index is -4.15. The van der Waals surface area contributed by atoms with E-state index in [0.717, 1.165) is 21.1 Å². The van der Waals surface area contributed by atoms with Gasteiger partial charge in [0, 0.05) is 36.9 Å². The topological polar surface area (TPSA) is 79.4 Å². The first-order valence-corrected chi connectivity index (χ1v) is 14.6. The first kappa shape index (κ1) is 28.6. The summed E-state index contributed by atoms with van der Waals surface area (Å²) in [6.45, 7) is 8.04. The van der Waals surface area contributed by atoms with Crippen LogP contribution >= 0.6 is 11.6 Å².